The van der Waals surface area contributed by atoms with Crippen LogP contribution in [0.5, 0.6) is 5.75 Å². The van der Waals surface area contributed by atoms with Gasteiger partial charge in [-0.1, -0.05) is 12.2 Å². The lowest BCUT2D eigenvalue weighted by molar-refractivity contribution is 0.475. The van der Waals surface area contributed by atoms with Crippen LogP contribution in [0, 0.1) is 0 Å². The van der Waals surface area contributed by atoms with Crippen molar-refractivity contribution in [1.29, 1.82) is 0 Å². The zero-order valence-corrected chi connectivity index (χ0v) is 8.16. The summed E-state index contributed by atoms with van der Waals surface area (Å²) in [5.41, 5.74) is 2.14. The average Bonchev–Trinajstić information content (AvgIpc) is 2.04. The van der Waals surface area contributed by atoms with Crippen LogP contribution in [-0.4, -0.2) is 11.7 Å². The Bertz CT molecular complexity index is 309. The van der Waals surface area contributed by atoms with E-state index in [1.165, 1.54) is 0 Å². The first-order valence-electron chi connectivity index (χ1n) is 3.60. The molecule has 3 heteroatoms. The molecular weight excluding hydrogens is 218 g/mol. The van der Waals surface area contributed by atoms with Crippen molar-refractivity contribution in [3.63, 3.8) is 0 Å². The van der Waals surface area contributed by atoms with Gasteiger partial charge in [0.1, 0.15) is 5.75 Å². The van der Waals surface area contributed by atoms with Crippen molar-refractivity contribution >= 4 is 28.7 Å². The first-order chi connectivity index (χ1) is 5.36. The van der Waals surface area contributed by atoms with Gasteiger partial charge < -0.3 is 10.4 Å². The second-order valence-corrected chi connectivity index (χ2v) is 2.55. The van der Waals surface area contributed by atoms with Crippen molar-refractivity contribution in [2.75, 3.05) is 11.9 Å². The minimum atomic E-state index is 0. The fourth-order valence-electron chi connectivity index (χ4n) is 1.20. The number of phenolic OH excluding ortho intramolecular Hbond substituents is 1. The molecule has 0 aromatic heterocycles. The van der Waals surface area contributed by atoms with Crippen LogP contribution in [0.1, 0.15) is 5.56 Å². The molecule has 1 aromatic carbocycles. The molecule has 2 N–H and O–H groups in total. The van der Waals surface area contributed by atoms with Crippen molar-refractivity contribution in [3.8, 4) is 5.75 Å². The Labute approximate surface area is 81.7 Å². The second-order valence-electron chi connectivity index (χ2n) is 2.55. The number of aromatic hydroxyl groups is 1. The molecule has 0 saturated carbocycles. The minimum Gasteiger partial charge on any atom is -0.508 e. The summed E-state index contributed by atoms with van der Waals surface area (Å²) in [5.74, 6) is 0.312. The lowest BCUT2D eigenvalue weighted by Crippen LogP contribution is -2.03. The summed E-state index contributed by atoms with van der Waals surface area (Å²) in [4.78, 5) is 0. The Morgan fingerprint density at radius 2 is 2.17 bits per heavy atom. The van der Waals surface area contributed by atoms with Gasteiger partial charge in [0.25, 0.3) is 0 Å². The summed E-state index contributed by atoms with van der Waals surface area (Å²) in [6.45, 7) is 0.844. The van der Waals surface area contributed by atoms with E-state index in [2.05, 4.69) is 11.4 Å². The van der Waals surface area contributed by atoms with Crippen LogP contribution in [0.25, 0.3) is 6.08 Å². The zero-order valence-electron chi connectivity index (χ0n) is 6.45. The maximum absolute atomic E-state index is 9.12. The fourth-order valence-corrected chi connectivity index (χ4v) is 1.20. The summed E-state index contributed by atoms with van der Waals surface area (Å²) >= 11 is 0. The zero-order chi connectivity index (χ0) is 7.68. The van der Waals surface area contributed by atoms with Gasteiger partial charge in [-0.15, -0.1) is 17.0 Å². The fraction of sp³-hybridized carbons (Fsp3) is 0.111. The van der Waals surface area contributed by atoms with Gasteiger partial charge >= 0.3 is 0 Å². The number of fused-ring (bicyclic) bond motifs is 1. The number of halogens is 1. The third-order valence-corrected chi connectivity index (χ3v) is 1.74. The number of hydrogen-bond acceptors (Lipinski definition) is 2. The molecule has 0 amide bonds. The minimum absolute atomic E-state index is 0. The van der Waals surface area contributed by atoms with Crippen LogP contribution in [0.4, 0.5) is 5.69 Å². The standard InChI is InChI=1S/C9H9NO.BrH/c11-8-4-3-7-2-1-5-10-9(7)6-8;/h1-4,6,10-11H,5H2;1H. The molecule has 2 nitrogen and oxygen atoms in total. The second kappa shape index (κ2) is 3.63. The van der Waals surface area contributed by atoms with Crippen LogP contribution >= 0.6 is 17.0 Å². The summed E-state index contributed by atoms with van der Waals surface area (Å²) in [7, 11) is 0. The Kier molecular flexibility index (Phi) is 2.76. The molecule has 0 aliphatic carbocycles. The topological polar surface area (TPSA) is 32.3 Å². The first kappa shape index (κ1) is 9.13. The molecule has 1 aliphatic rings. The Balaban J connectivity index is 0.000000720. The van der Waals surface area contributed by atoms with Crippen LogP contribution in [0.15, 0.2) is 24.3 Å². The van der Waals surface area contributed by atoms with Crippen molar-refractivity contribution in [3.05, 3.63) is 29.8 Å². The third-order valence-electron chi connectivity index (χ3n) is 1.74. The molecule has 0 fully saturated rings. The molecule has 1 aliphatic heterocycles. The predicted octanol–water partition coefficient (Wildman–Crippen LogP) is 2.41. The smallest absolute Gasteiger partial charge is 0.117 e. The maximum Gasteiger partial charge on any atom is 0.117 e. The lowest BCUT2D eigenvalue weighted by Gasteiger charge is -2.12. The summed E-state index contributed by atoms with van der Waals surface area (Å²) < 4.78 is 0. The molecule has 1 heterocycles. The number of hydrogen-bond donors (Lipinski definition) is 2. The van der Waals surface area contributed by atoms with E-state index < -0.39 is 0 Å². The molecule has 0 spiro atoms. The van der Waals surface area contributed by atoms with Gasteiger partial charge in [0.15, 0.2) is 0 Å². The van der Waals surface area contributed by atoms with Gasteiger partial charge in [-0.2, -0.15) is 0 Å². The molecule has 0 radical (unpaired) electrons. The van der Waals surface area contributed by atoms with E-state index in [1.54, 1.807) is 12.1 Å². The normalized spacial score (nSPS) is 12.7. The van der Waals surface area contributed by atoms with Gasteiger partial charge in [-0.25, -0.2) is 0 Å². The third kappa shape index (κ3) is 1.61. The quantitative estimate of drug-likeness (QED) is 0.714. The molecule has 0 unspecified atom stereocenters. The van der Waals surface area contributed by atoms with Crippen molar-refractivity contribution < 1.29 is 5.11 Å². The maximum atomic E-state index is 9.12. The highest BCUT2D eigenvalue weighted by atomic mass is 79.9. The molecule has 0 saturated heterocycles. The molecule has 0 atom stereocenters. The van der Waals surface area contributed by atoms with E-state index in [0.717, 1.165) is 17.8 Å². The number of benzene rings is 1. The first-order valence-corrected chi connectivity index (χ1v) is 3.60. The van der Waals surface area contributed by atoms with Crippen molar-refractivity contribution in [2.45, 2.75) is 0 Å². The van der Waals surface area contributed by atoms with Crippen LogP contribution < -0.4 is 5.32 Å². The van der Waals surface area contributed by atoms with E-state index in [1.807, 2.05) is 12.1 Å². The molecule has 0 bridgehead atoms. The van der Waals surface area contributed by atoms with Crippen LogP contribution in [0.2, 0.25) is 0 Å². The van der Waals surface area contributed by atoms with Gasteiger partial charge in [0, 0.05) is 18.3 Å². The van der Waals surface area contributed by atoms with Crippen LogP contribution in [-0.2, 0) is 0 Å². The summed E-state index contributed by atoms with van der Waals surface area (Å²) in [5, 5.41) is 12.3. The summed E-state index contributed by atoms with van der Waals surface area (Å²) in [6, 6.07) is 5.32. The van der Waals surface area contributed by atoms with Crippen molar-refractivity contribution in [1.82, 2.24) is 0 Å². The highest BCUT2D eigenvalue weighted by Crippen LogP contribution is 2.24. The van der Waals surface area contributed by atoms with E-state index >= 15 is 0 Å². The number of phenols is 1. The van der Waals surface area contributed by atoms with E-state index in [0.29, 0.717) is 5.75 Å². The molecule has 64 valence electrons. The molecule has 1 aromatic rings. The number of anilines is 1. The predicted molar refractivity (Wildman–Crippen MR) is 56.0 cm³/mol. The number of nitrogens with one attached hydrogen (secondary N) is 1. The van der Waals surface area contributed by atoms with E-state index in [9.17, 15) is 0 Å². The largest absolute Gasteiger partial charge is 0.508 e. The number of rotatable bonds is 0. The molecular formula is C9H10BrNO. The van der Waals surface area contributed by atoms with Gasteiger partial charge in [0.2, 0.25) is 0 Å². The lowest BCUT2D eigenvalue weighted by atomic mass is 10.1. The van der Waals surface area contributed by atoms with Gasteiger partial charge in [0.05, 0.1) is 0 Å². The highest BCUT2D eigenvalue weighted by Gasteiger charge is 2.02. The average molecular weight is 228 g/mol. The monoisotopic (exact) mass is 227 g/mol. The van der Waals surface area contributed by atoms with E-state index in [-0.39, 0.29) is 17.0 Å². The Morgan fingerprint density at radius 3 is 3.00 bits per heavy atom. The molecule has 2 rings (SSSR count). The van der Waals surface area contributed by atoms with E-state index in [4.69, 9.17) is 5.11 Å². The van der Waals surface area contributed by atoms with Crippen molar-refractivity contribution in [2.24, 2.45) is 0 Å². The van der Waals surface area contributed by atoms with Gasteiger partial charge in [-0.3, -0.25) is 0 Å². The molecule has 12 heavy (non-hydrogen) atoms. The SMILES string of the molecule is Br.Oc1ccc2c(c1)NCC=C2. The Morgan fingerprint density at radius 1 is 1.33 bits per heavy atom. The highest BCUT2D eigenvalue weighted by molar-refractivity contribution is 8.93. The van der Waals surface area contributed by atoms with Gasteiger partial charge in [-0.05, 0) is 17.7 Å². The summed E-state index contributed by atoms with van der Waals surface area (Å²) in [6.07, 6.45) is 4.10. The Hall–Kier alpha value is -0.960. The van der Waals surface area contributed by atoms with Crippen LogP contribution in [0.3, 0.4) is 0 Å².